The number of carbonyl (C=O) groups is 1. The zero-order valence-corrected chi connectivity index (χ0v) is 16.2. The smallest absolute Gasteiger partial charge is 0.253 e. The number of likely N-dealkylation sites (tertiary alicyclic amines) is 1. The van der Waals surface area contributed by atoms with Crippen LogP contribution in [0.4, 0.5) is 0 Å². The third-order valence-corrected chi connectivity index (χ3v) is 5.59. The van der Waals surface area contributed by atoms with E-state index in [1.807, 2.05) is 55.1 Å². The van der Waals surface area contributed by atoms with Crippen LogP contribution in [0.5, 0.6) is 0 Å². The summed E-state index contributed by atoms with van der Waals surface area (Å²) >= 11 is 0. The quantitative estimate of drug-likeness (QED) is 0.759. The van der Waals surface area contributed by atoms with Gasteiger partial charge in [0.25, 0.3) is 5.91 Å². The monoisotopic (exact) mass is 376 g/mol. The van der Waals surface area contributed by atoms with Gasteiger partial charge < -0.3 is 10.0 Å². The maximum Gasteiger partial charge on any atom is 0.253 e. The molecule has 0 spiro atoms. The fraction of sp³-hybridized carbons (Fsp3) is 0.364. The minimum atomic E-state index is -0.583. The van der Waals surface area contributed by atoms with E-state index in [9.17, 15) is 9.90 Å². The van der Waals surface area contributed by atoms with Crippen molar-refractivity contribution in [3.63, 3.8) is 0 Å². The molecule has 4 rings (SSSR count). The van der Waals surface area contributed by atoms with Crippen molar-refractivity contribution in [1.29, 1.82) is 0 Å². The molecular weight excluding hydrogens is 352 g/mol. The number of rotatable bonds is 3. The van der Waals surface area contributed by atoms with Crippen molar-refractivity contribution < 1.29 is 9.90 Å². The molecule has 1 amide bonds. The van der Waals surface area contributed by atoms with Gasteiger partial charge in [0, 0.05) is 24.8 Å². The van der Waals surface area contributed by atoms with E-state index in [1.54, 1.807) is 6.20 Å². The maximum absolute atomic E-state index is 12.9. The molecule has 1 saturated heterocycles. The average Bonchev–Trinajstić information content (AvgIpc) is 2.74. The zero-order valence-electron chi connectivity index (χ0n) is 16.2. The van der Waals surface area contributed by atoms with Crippen molar-refractivity contribution in [3.8, 4) is 0 Å². The van der Waals surface area contributed by atoms with Crippen LogP contribution >= 0.6 is 0 Å². The van der Waals surface area contributed by atoms with E-state index in [2.05, 4.69) is 15.0 Å². The van der Waals surface area contributed by atoms with Gasteiger partial charge in [-0.15, -0.1) is 0 Å². The molecule has 0 unspecified atom stereocenters. The van der Waals surface area contributed by atoms with Crippen LogP contribution in [0.25, 0.3) is 11.0 Å². The second-order valence-corrected chi connectivity index (χ2v) is 7.43. The topological polar surface area (TPSA) is 79.2 Å². The molecule has 0 bridgehead atoms. The van der Waals surface area contributed by atoms with Gasteiger partial charge in [0.2, 0.25) is 0 Å². The number of hydrogen-bond acceptors (Lipinski definition) is 5. The summed E-state index contributed by atoms with van der Waals surface area (Å²) in [5.41, 5.74) is 4.66. The first-order valence-corrected chi connectivity index (χ1v) is 9.66. The summed E-state index contributed by atoms with van der Waals surface area (Å²) in [7, 11) is 0. The first-order chi connectivity index (χ1) is 13.5. The van der Waals surface area contributed by atoms with Crippen molar-refractivity contribution >= 4 is 16.9 Å². The highest BCUT2D eigenvalue weighted by atomic mass is 16.3. The molecule has 2 aromatic heterocycles. The lowest BCUT2D eigenvalue weighted by Gasteiger charge is -2.34. The van der Waals surface area contributed by atoms with Crippen LogP contribution in [0.3, 0.4) is 0 Å². The van der Waals surface area contributed by atoms with Crippen LogP contribution in [-0.2, 0) is 0 Å². The summed E-state index contributed by atoms with van der Waals surface area (Å²) in [6, 6.07) is 11.1. The molecule has 6 heteroatoms. The Bertz CT molecular complexity index is 998. The van der Waals surface area contributed by atoms with Gasteiger partial charge in [-0.3, -0.25) is 9.78 Å². The van der Waals surface area contributed by atoms with Crippen molar-refractivity contribution in [3.05, 3.63) is 65.2 Å². The van der Waals surface area contributed by atoms with Gasteiger partial charge in [0.05, 0.1) is 34.2 Å². The predicted molar refractivity (Wildman–Crippen MR) is 107 cm³/mol. The SMILES string of the molecule is Cc1nc2ccc(C(=O)N3CCC([C@@H](O)c4ccccn4)CC3)cc2nc1C. The lowest BCUT2D eigenvalue weighted by atomic mass is 9.89. The van der Waals surface area contributed by atoms with Crippen molar-refractivity contribution in [2.75, 3.05) is 13.1 Å². The molecule has 28 heavy (non-hydrogen) atoms. The summed E-state index contributed by atoms with van der Waals surface area (Å²) < 4.78 is 0. The highest BCUT2D eigenvalue weighted by Gasteiger charge is 2.29. The van der Waals surface area contributed by atoms with Crippen LogP contribution in [0, 0.1) is 19.8 Å². The number of amides is 1. The first-order valence-electron chi connectivity index (χ1n) is 9.66. The molecule has 0 saturated carbocycles. The molecule has 1 atom stereocenters. The van der Waals surface area contributed by atoms with Crippen molar-refractivity contribution in [2.45, 2.75) is 32.8 Å². The van der Waals surface area contributed by atoms with E-state index in [1.165, 1.54) is 0 Å². The highest BCUT2D eigenvalue weighted by molar-refractivity contribution is 5.97. The van der Waals surface area contributed by atoms with E-state index in [4.69, 9.17) is 0 Å². The Balaban J connectivity index is 1.45. The number of aliphatic hydroxyl groups is 1. The molecule has 0 aliphatic carbocycles. The number of pyridine rings is 1. The number of nitrogens with zero attached hydrogens (tertiary/aromatic N) is 4. The molecule has 1 aromatic carbocycles. The number of fused-ring (bicyclic) bond motifs is 1. The zero-order chi connectivity index (χ0) is 19.7. The van der Waals surface area contributed by atoms with Crippen LogP contribution < -0.4 is 0 Å². The fourth-order valence-electron chi connectivity index (χ4n) is 3.76. The second-order valence-electron chi connectivity index (χ2n) is 7.43. The lowest BCUT2D eigenvalue weighted by Crippen LogP contribution is -2.39. The van der Waals surface area contributed by atoms with Gasteiger partial charge in [-0.2, -0.15) is 0 Å². The molecule has 6 nitrogen and oxygen atoms in total. The number of piperidine rings is 1. The van der Waals surface area contributed by atoms with Gasteiger partial charge in [0.15, 0.2) is 0 Å². The number of aliphatic hydroxyl groups excluding tert-OH is 1. The normalized spacial score (nSPS) is 16.3. The Hall–Kier alpha value is -2.86. The number of aryl methyl sites for hydroxylation is 2. The third kappa shape index (κ3) is 3.60. The lowest BCUT2D eigenvalue weighted by molar-refractivity contribution is 0.0447. The number of benzene rings is 1. The fourth-order valence-corrected chi connectivity index (χ4v) is 3.76. The Kier molecular flexibility index (Phi) is 5.05. The Morgan fingerprint density at radius 2 is 1.79 bits per heavy atom. The predicted octanol–water partition coefficient (Wildman–Crippen LogP) is 3.23. The van der Waals surface area contributed by atoms with Crippen molar-refractivity contribution in [1.82, 2.24) is 19.9 Å². The average molecular weight is 376 g/mol. The van der Waals surface area contributed by atoms with Gasteiger partial charge in [0.1, 0.15) is 0 Å². The third-order valence-electron chi connectivity index (χ3n) is 5.59. The molecule has 1 aliphatic rings. The van der Waals surface area contributed by atoms with E-state index in [-0.39, 0.29) is 11.8 Å². The minimum Gasteiger partial charge on any atom is -0.387 e. The summed E-state index contributed by atoms with van der Waals surface area (Å²) in [5, 5.41) is 10.6. The van der Waals surface area contributed by atoms with Gasteiger partial charge in [-0.05, 0) is 62.9 Å². The van der Waals surface area contributed by atoms with Crippen LogP contribution in [0.15, 0.2) is 42.6 Å². The standard InChI is InChI=1S/C22H24N4O2/c1-14-15(2)25-20-13-17(6-7-18(20)24-14)22(28)26-11-8-16(9-12-26)21(27)19-5-3-4-10-23-19/h3-7,10,13,16,21,27H,8-9,11-12H2,1-2H3/t21-/m1/s1. The molecule has 3 heterocycles. The molecule has 1 N–H and O–H groups in total. The van der Waals surface area contributed by atoms with Crippen LogP contribution in [0.1, 0.15) is 46.4 Å². The largest absolute Gasteiger partial charge is 0.387 e. The summed E-state index contributed by atoms with van der Waals surface area (Å²) in [6.07, 6.45) is 2.63. The molecule has 1 aliphatic heterocycles. The Labute approximate surface area is 164 Å². The number of carbonyl (C=O) groups excluding carboxylic acids is 1. The van der Waals surface area contributed by atoms with Gasteiger partial charge in [-0.25, -0.2) is 9.97 Å². The van der Waals surface area contributed by atoms with Gasteiger partial charge in [-0.1, -0.05) is 6.07 Å². The Morgan fingerprint density at radius 3 is 2.46 bits per heavy atom. The summed E-state index contributed by atoms with van der Waals surface area (Å²) in [5.74, 6) is 0.125. The number of hydrogen-bond donors (Lipinski definition) is 1. The van der Waals surface area contributed by atoms with E-state index in [0.29, 0.717) is 24.3 Å². The van der Waals surface area contributed by atoms with E-state index in [0.717, 1.165) is 35.3 Å². The highest BCUT2D eigenvalue weighted by Crippen LogP contribution is 2.30. The van der Waals surface area contributed by atoms with Crippen LogP contribution in [-0.4, -0.2) is 44.0 Å². The molecular formula is C22H24N4O2. The molecule has 1 fully saturated rings. The molecule has 144 valence electrons. The Morgan fingerprint density at radius 1 is 1.07 bits per heavy atom. The first kappa shape index (κ1) is 18.5. The van der Waals surface area contributed by atoms with E-state index >= 15 is 0 Å². The van der Waals surface area contributed by atoms with Crippen molar-refractivity contribution in [2.24, 2.45) is 5.92 Å². The number of aromatic nitrogens is 3. The molecule has 0 radical (unpaired) electrons. The van der Waals surface area contributed by atoms with Gasteiger partial charge >= 0.3 is 0 Å². The van der Waals surface area contributed by atoms with E-state index < -0.39 is 6.10 Å². The summed E-state index contributed by atoms with van der Waals surface area (Å²) in [4.78, 5) is 28.1. The summed E-state index contributed by atoms with van der Waals surface area (Å²) in [6.45, 7) is 5.12. The minimum absolute atomic E-state index is 0.00713. The maximum atomic E-state index is 12.9. The van der Waals surface area contributed by atoms with Crippen LogP contribution in [0.2, 0.25) is 0 Å². The molecule has 3 aromatic rings. The second kappa shape index (κ2) is 7.64.